The van der Waals surface area contributed by atoms with E-state index in [0.717, 1.165) is 11.3 Å². The van der Waals surface area contributed by atoms with Crippen LogP contribution in [0.3, 0.4) is 0 Å². The lowest BCUT2D eigenvalue weighted by Gasteiger charge is -2.15. The van der Waals surface area contributed by atoms with Gasteiger partial charge in [0, 0.05) is 25.0 Å². The number of imidazole rings is 1. The molecule has 0 bridgehead atoms. The lowest BCUT2D eigenvalue weighted by molar-refractivity contribution is 0.451. The molecule has 1 atom stereocenters. The minimum absolute atomic E-state index is 0.0548. The highest BCUT2D eigenvalue weighted by molar-refractivity contribution is 5.41. The van der Waals surface area contributed by atoms with Crippen LogP contribution in [-0.2, 0) is 6.54 Å². The quantitative estimate of drug-likeness (QED) is 0.730. The Morgan fingerprint density at radius 1 is 1.21 bits per heavy atom. The Kier molecular flexibility index (Phi) is 4.66. The zero-order valence-electron chi connectivity index (χ0n) is 14.2. The molecule has 24 heavy (non-hydrogen) atoms. The highest BCUT2D eigenvalue weighted by Gasteiger charge is 2.16. The molecule has 0 saturated heterocycles. The van der Waals surface area contributed by atoms with E-state index in [1.54, 1.807) is 23.4 Å². The fourth-order valence-corrected chi connectivity index (χ4v) is 2.64. The zero-order chi connectivity index (χ0) is 17.1. The Labute approximate surface area is 141 Å². The lowest BCUT2D eigenvalue weighted by atomic mass is 10.1. The monoisotopic (exact) mass is 325 g/mol. The molecule has 0 fully saturated rings. The van der Waals surface area contributed by atoms with E-state index in [4.69, 9.17) is 0 Å². The molecule has 0 aliphatic heterocycles. The summed E-state index contributed by atoms with van der Waals surface area (Å²) in [4.78, 5) is 4.11. The van der Waals surface area contributed by atoms with Gasteiger partial charge in [0.1, 0.15) is 5.69 Å². The van der Waals surface area contributed by atoms with Gasteiger partial charge < -0.3 is 15.0 Å². The van der Waals surface area contributed by atoms with Gasteiger partial charge in [-0.1, -0.05) is 18.2 Å². The SMILES string of the molecule is CC(NCc1ccccc1-n1ccnc1)c1nn(C(C)C)cc1O. The predicted molar refractivity (Wildman–Crippen MR) is 93.1 cm³/mol. The van der Waals surface area contributed by atoms with Crippen molar-refractivity contribution in [3.05, 3.63) is 60.4 Å². The predicted octanol–water partition coefficient (Wildman–Crippen LogP) is 3.21. The molecular weight excluding hydrogens is 302 g/mol. The number of rotatable bonds is 6. The first-order chi connectivity index (χ1) is 11.6. The Morgan fingerprint density at radius 3 is 2.67 bits per heavy atom. The average molecular weight is 325 g/mol. The van der Waals surface area contributed by atoms with Crippen molar-refractivity contribution in [3.8, 4) is 11.4 Å². The average Bonchev–Trinajstić information content (AvgIpc) is 3.22. The van der Waals surface area contributed by atoms with Crippen LogP contribution >= 0.6 is 0 Å². The third kappa shape index (κ3) is 3.33. The second-order valence-corrected chi connectivity index (χ2v) is 6.17. The number of nitrogens with zero attached hydrogens (tertiary/aromatic N) is 4. The van der Waals surface area contributed by atoms with Gasteiger partial charge in [0.25, 0.3) is 0 Å². The topological polar surface area (TPSA) is 67.9 Å². The molecule has 6 heteroatoms. The van der Waals surface area contributed by atoms with Crippen molar-refractivity contribution in [3.63, 3.8) is 0 Å². The number of para-hydroxylation sites is 1. The third-order valence-electron chi connectivity index (χ3n) is 4.05. The minimum atomic E-state index is -0.0548. The first-order valence-corrected chi connectivity index (χ1v) is 8.14. The van der Waals surface area contributed by atoms with E-state index < -0.39 is 0 Å². The largest absolute Gasteiger partial charge is 0.504 e. The maximum atomic E-state index is 10.1. The second kappa shape index (κ2) is 6.88. The van der Waals surface area contributed by atoms with Crippen LogP contribution in [0.25, 0.3) is 5.69 Å². The van der Waals surface area contributed by atoms with E-state index in [0.29, 0.717) is 12.2 Å². The van der Waals surface area contributed by atoms with E-state index in [1.807, 2.05) is 43.7 Å². The van der Waals surface area contributed by atoms with Crippen LogP contribution in [0.5, 0.6) is 5.75 Å². The highest BCUT2D eigenvalue weighted by Crippen LogP contribution is 2.24. The van der Waals surface area contributed by atoms with Crippen LogP contribution in [0.2, 0.25) is 0 Å². The van der Waals surface area contributed by atoms with Gasteiger partial charge in [-0.2, -0.15) is 5.10 Å². The van der Waals surface area contributed by atoms with Gasteiger partial charge in [-0.3, -0.25) is 4.68 Å². The first-order valence-electron chi connectivity index (χ1n) is 8.14. The summed E-state index contributed by atoms with van der Waals surface area (Å²) < 4.78 is 3.77. The summed E-state index contributed by atoms with van der Waals surface area (Å²) in [6.45, 7) is 6.75. The summed E-state index contributed by atoms with van der Waals surface area (Å²) in [5, 5.41) is 18.0. The van der Waals surface area contributed by atoms with Crippen LogP contribution in [-0.4, -0.2) is 24.4 Å². The van der Waals surface area contributed by atoms with E-state index in [2.05, 4.69) is 27.5 Å². The number of benzene rings is 1. The van der Waals surface area contributed by atoms with Gasteiger partial charge in [0.05, 0.1) is 24.3 Å². The molecule has 0 amide bonds. The van der Waals surface area contributed by atoms with Crippen molar-refractivity contribution in [1.82, 2.24) is 24.6 Å². The molecule has 0 saturated carbocycles. The molecule has 6 nitrogen and oxygen atoms in total. The molecule has 126 valence electrons. The molecule has 2 N–H and O–H groups in total. The normalized spacial score (nSPS) is 12.7. The van der Waals surface area contributed by atoms with Crippen molar-refractivity contribution in [2.24, 2.45) is 0 Å². The number of aromatic hydroxyl groups is 1. The standard InChI is InChI=1S/C18H23N5O/c1-13(2)23-11-17(24)18(21-23)14(3)20-10-15-6-4-5-7-16(15)22-9-8-19-12-22/h4-9,11-14,20,24H,10H2,1-3H3. The molecular formula is C18H23N5O. The minimum Gasteiger partial charge on any atom is -0.504 e. The molecule has 0 radical (unpaired) electrons. The lowest BCUT2D eigenvalue weighted by Crippen LogP contribution is -2.20. The summed E-state index contributed by atoms with van der Waals surface area (Å²) in [6.07, 6.45) is 7.16. The molecule has 0 aliphatic rings. The van der Waals surface area contributed by atoms with E-state index >= 15 is 0 Å². The molecule has 0 aliphatic carbocycles. The highest BCUT2D eigenvalue weighted by atomic mass is 16.3. The van der Waals surface area contributed by atoms with Crippen LogP contribution in [0, 0.1) is 0 Å². The van der Waals surface area contributed by atoms with Crippen LogP contribution in [0.1, 0.15) is 44.1 Å². The molecule has 1 aromatic carbocycles. The Balaban J connectivity index is 1.75. The van der Waals surface area contributed by atoms with E-state index in [9.17, 15) is 5.11 Å². The number of aromatic nitrogens is 4. The van der Waals surface area contributed by atoms with E-state index in [1.165, 1.54) is 0 Å². The summed E-state index contributed by atoms with van der Waals surface area (Å²) >= 11 is 0. The molecule has 3 rings (SSSR count). The molecule has 3 aromatic rings. The van der Waals surface area contributed by atoms with Gasteiger partial charge in [-0.05, 0) is 32.4 Å². The van der Waals surface area contributed by atoms with Gasteiger partial charge in [0.15, 0.2) is 5.75 Å². The Bertz CT molecular complexity index is 792. The molecule has 2 heterocycles. The second-order valence-electron chi connectivity index (χ2n) is 6.17. The van der Waals surface area contributed by atoms with Crippen LogP contribution in [0.15, 0.2) is 49.2 Å². The molecule has 2 aromatic heterocycles. The van der Waals surface area contributed by atoms with Crippen molar-refractivity contribution in [2.45, 2.75) is 39.4 Å². The van der Waals surface area contributed by atoms with Crippen molar-refractivity contribution < 1.29 is 5.11 Å². The fraction of sp³-hybridized carbons (Fsp3) is 0.333. The smallest absolute Gasteiger partial charge is 0.158 e. The van der Waals surface area contributed by atoms with Gasteiger partial charge in [0.2, 0.25) is 0 Å². The summed E-state index contributed by atoms with van der Waals surface area (Å²) in [6, 6.07) is 8.35. The van der Waals surface area contributed by atoms with Crippen LogP contribution < -0.4 is 5.32 Å². The van der Waals surface area contributed by atoms with E-state index in [-0.39, 0.29) is 17.8 Å². The maximum Gasteiger partial charge on any atom is 0.158 e. The maximum absolute atomic E-state index is 10.1. The molecule has 1 unspecified atom stereocenters. The zero-order valence-corrected chi connectivity index (χ0v) is 14.2. The summed E-state index contributed by atoms with van der Waals surface area (Å²) in [7, 11) is 0. The van der Waals surface area contributed by atoms with Gasteiger partial charge in [-0.25, -0.2) is 4.98 Å². The summed E-state index contributed by atoms with van der Waals surface area (Å²) in [5.74, 6) is 0.228. The number of hydrogen-bond donors (Lipinski definition) is 2. The van der Waals surface area contributed by atoms with Crippen molar-refractivity contribution >= 4 is 0 Å². The summed E-state index contributed by atoms with van der Waals surface area (Å²) in [5.41, 5.74) is 2.92. The van der Waals surface area contributed by atoms with Crippen LogP contribution in [0.4, 0.5) is 0 Å². The molecule has 0 spiro atoms. The first kappa shape index (κ1) is 16.3. The third-order valence-corrected chi connectivity index (χ3v) is 4.05. The van der Waals surface area contributed by atoms with Crippen molar-refractivity contribution in [1.29, 1.82) is 0 Å². The van der Waals surface area contributed by atoms with Gasteiger partial charge >= 0.3 is 0 Å². The fourth-order valence-electron chi connectivity index (χ4n) is 2.64. The van der Waals surface area contributed by atoms with Gasteiger partial charge in [-0.15, -0.1) is 0 Å². The number of nitrogens with one attached hydrogen (secondary N) is 1. The Hall–Kier alpha value is -2.60. The Morgan fingerprint density at radius 2 is 2.00 bits per heavy atom. The number of hydrogen-bond acceptors (Lipinski definition) is 4. The van der Waals surface area contributed by atoms with Crippen molar-refractivity contribution in [2.75, 3.05) is 0 Å².